The van der Waals surface area contributed by atoms with Crippen LogP contribution in [0.25, 0.3) is 6.08 Å². The summed E-state index contributed by atoms with van der Waals surface area (Å²) < 4.78 is 7.74. The number of aromatic nitrogens is 1. The van der Waals surface area contributed by atoms with Crippen molar-refractivity contribution in [2.75, 3.05) is 37.7 Å². The first-order valence-electron chi connectivity index (χ1n) is 14.3. The highest BCUT2D eigenvalue weighted by Gasteiger charge is 2.33. The third kappa shape index (κ3) is 8.18. The molecule has 0 atom stereocenters. The van der Waals surface area contributed by atoms with E-state index in [4.69, 9.17) is 22.1 Å². The van der Waals surface area contributed by atoms with Crippen molar-refractivity contribution in [1.82, 2.24) is 9.47 Å². The minimum atomic E-state index is -0.731. The van der Waals surface area contributed by atoms with Gasteiger partial charge < -0.3 is 14.7 Å². The Labute approximate surface area is 246 Å². The molecule has 2 saturated heterocycles. The van der Waals surface area contributed by atoms with Gasteiger partial charge in [0.2, 0.25) is 0 Å². The number of aliphatic carboxylic acids is 1. The lowest BCUT2D eigenvalue weighted by atomic mass is 10.0. The van der Waals surface area contributed by atoms with Crippen molar-refractivity contribution in [2.45, 2.75) is 84.6 Å². The number of amides is 1. The van der Waals surface area contributed by atoms with E-state index in [0.29, 0.717) is 54.2 Å². The Morgan fingerprint density at radius 1 is 1.07 bits per heavy atom. The molecule has 0 aliphatic carbocycles. The Morgan fingerprint density at radius 2 is 1.70 bits per heavy atom. The summed E-state index contributed by atoms with van der Waals surface area (Å²) in [7, 11) is 0. The van der Waals surface area contributed by atoms with Crippen LogP contribution in [-0.4, -0.2) is 63.6 Å². The molecule has 1 amide bonds. The maximum atomic E-state index is 13.4. The summed E-state index contributed by atoms with van der Waals surface area (Å²) in [5.41, 5.74) is 1.10. The minimum absolute atomic E-state index is 0.106. The second-order valence-corrected chi connectivity index (χ2v) is 11.9. The van der Waals surface area contributed by atoms with Crippen LogP contribution in [0.1, 0.15) is 87.8 Å². The molecule has 1 N–H and O–H groups in total. The highest BCUT2D eigenvalue weighted by atomic mass is 32.2. The fourth-order valence-corrected chi connectivity index (χ4v) is 6.41. The number of anilines is 1. The molecular weight excluding hydrogens is 548 g/mol. The van der Waals surface area contributed by atoms with Gasteiger partial charge in [0.15, 0.2) is 0 Å². The van der Waals surface area contributed by atoms with Crippen molar-refractivity contribution in [3.8, 4) is 6.07 Å². The molecule has 0 bridgehead atoms. The van der Waals surface area contributed by atoms with E-state index < -0.39 is 5.97 Å². The van der Waals surface area contributed by atoms with Crippen molar-refractivity contribution in [3.05, 3.63) is 31.9 Å². The number of hydrogen-bond donors (Lipinski definition) is 1. The smallest absolute Gasteiger partial charge is 0.303 e. The van der Waals surface area contributed by atoms with Gasteiger partial charge in [-0.05, 0) is 37.8 Å². The zero-order valence-electron chi connectivity index (χ0n) is 23.6. The molecule has 0 saturated carbocycles. The molecule has 218 valence electrons. The number of ether oxygens (including phenoxy) is 1. The summed E-state index contributed by atoms with van der Waals surface area (Å²) in [6.07, 6.45) is 10.7. The molecule has 0 spiro atoms. The summed E-state index contributed by atoms with van der Waals surface area (Å²) in [5, 5.41) is 18.5. The zero-order chi connectivity index (χ0) is 29.1. The summed E-state index contributed by atoms with van der Waals surface area (Å²) in [4.78, 5) is 41.5. The number of pyridine rings is 1. The van der Waals surface area contributed by atoms with Crippen LogP contribution in [0, 0.1) is 18.3 Å². The van der Waals surface area contributed by atoms with Gasteiger partial charge in [-0.2, -0.15) is 5.26 Å². The lowest BCUT2D eigenvalue weighted by Gasteiger charge is -2.33. The van der Waals surface area contributed by atoms with Crippen LogP contribution >= 0.6 is 24.0 Å². The van der Waals surface area contributed by atoms with Gasteiger partial charge in [-0.1, -0.05) is 69.4 Å². The topological polar surface area (TPSA) is 116 Å². The number of rotatable bonds is 15. The molecule has 11 heteroatoms. The van der Waals surface area contributed by atoms with Gasteiger partial charge in [0.25, 0.3) is 11.5 Å². The van der Waals surface area contributed by atoms with Crippen molar-refractivity contribution in [2.24, 2.45) is 0 Å². The van der Waals surface area contributed by atoms with Crippen LogP contribution in [0.4, 0.5) is 5.82 Å². The van der Waals surface area contributed by atoms with Gasteiger partial charge in [-0.3, -0.25) is 23.9 Å². The lowest BCUT2D eigenvalue weighted by molar-refractivity contribution is -0.137. The van der Waals surface area contributed by atoms with Gasteiger partial charge in [0.05, 0.1) is 18.1 Å². The average Bonchev–Trinajstić information content (AvgIpc) is 3.20. The highest BCUT2D eigenvalue weighted by molar-refractivity contribution is 8.26. The Bertz CT molecular complexity index is 1210. The molecule has 2 aliphatic rings. The third-order valence-corrected chi connectivity index (χ3v) is 8.65. The van der Waals surface area contributed by atoms with E-state index in [1.54, 1.807) is 16.4 Å². The molecule has 3 heterocycles. The summed E-state index contributed by atoms with van der Waals surface area (Å²) >= 11 is 6.84. The second-order valence-electron chi connectivity index (χ2n) is 10.2. The number of nitriles is 1. The molecule has 40 heavy (non-hydrogen) atoms. The number of hydrogen-bond acceptors (Lipinski definition) is 8. The number of nitrogens with zero attached hydrogens (tertiary/aromatic N) is 4. The van der Waals surface area contributed by atoms with Crippen LogP contribution in [0.3, 0.4) is 0 Å². The number of morpholine rings is 1. The van der Waals surface area contributed by atoms with Crippen molar-refractivity contribution in [3.63, 3.8) is 0 Å². The van der Waals surface area contributed by atoms with Crippen LogP contribution in [-0.2, 0) is 20.9 Å². The largest absolute Gasteiger partial charge is 0.481 e. The van der Waals surface area contributed by atoms with Crippen molar-refractivity contribution < 1.29 is 19.4 Å². The first-order valence-corrected chi connectivity index (χ1v) is 15.5. The minimum Gasteiger partial charge on any atom is -0.481 e. The first kappa shape index (κ1) is 31.8. The number of carbonyl (C=O) groups excluding carboxylic acids is 1. The standard InChI is InChI=1S/C29H40N4O5S2/c1-3-13-32-26(31-15-17-38-18-16-31)22(21(2)23(20-30)27(32)36)19-24-28(37)33(29(39)40-24)14-11-9-7-5-4-6-8-10-12-25(34)35/h19H,3-18H2,1-2H3,(H,34,35)/b24-19+. The van der Waals surface area contributed by atoms with E-state index in [1.807, 2.05) is 13.0 Å². The Balaban J connectivity index is 1.70. The van der Waals surface area contributed by atoms with Crippen LogP contribution in [0.15, 0.2) is 9.70 Å². The van der Waals surface area contributed by atoms with E-state index in [1.165, 1.54) is 11.8 Å². The second kappa shape index (κ2) is 15.9. The Morgan fingerprint density at radius 3 is 2.30 bits per heavy atom. The summed E-state index contributed by atoms with van der Waals surface area (Å²) in [6, 6.07) is 2.09. The number of carboxylic acid groups (broad SMARTS) is 1. The van der Waals surface area contributed by atoms with Crippen molar-refractivity contribution >= 4 is 52.1 Å². The molecule has 2 fully saturated rings. The van der Waals surface area contributed by atoms with Gasteiger partial charge in [0, 0.05) is 38.2 Å². The predicted molar refractivity (Wildman–Crippen MR) is 163 cm³/mol. The normalized spacial score (nSPS) is 16.7. The van der Waals surface area contributed by atoms with E-state index >= 15 is 0 Å². The molecular formula is C29H40N4O5S2. The van der Waals surface area contributed by atoms with Crippen molar-refractivity contribution in [1.29, 1.82) is 5.26 Å². The van der Waals surface area contributed by atoms with Crippen LogP contribution < -0.4 is 10.5 Å². The maximum Gasteiger partial charge on any atom is 0.303 e. The van der Waals surface area contributed by atoms with Gasteiger partial charge in [-0.25, -0.2) is 0 Å². The molecule has 0 aromatic carbocycles. The molecule has 1 aromatic heterocycles. The number of thioether (sulfide) groups is 1. The number of carbonyl (C=O) groups is 2. The van der Waals surface area contributed by atoms with Gasteiger partial charge >= 0.3 is 5.97 Å². The maximum absolute atomic E-state index is 13.4. The number of unbranched alkanes of at least 4 members (excludes halogenated alkanes) is 7. The van der Waals surface area contributed by atoms with E-state index in [-0.39, 0.29) is 23.5 Å². The quantitative estimate of drug-likeness (QED) is 0.170. The molecule has 2 aliphatic heterocycles. The first-order chi connectivity index (χ1) is 19.3. The average molecular weight is 589 g/mol. The summed E-state index contributed by atoms with van der Waals surface area (Å²) in [5.74, 6) is -0.127. The lowest BCUT2D eigenvalue weighted by Crippen LogP contribution is -2.41. The highest BCUT2D eigenvalue weighted by Crippen LogP contribution is 2.36. The Kier molecular flexibility index (Phi) is 12.7. The molecule has 1 aromatic rings. The van der Waals surface area contributed by atoms with Gasteiger partial charge in [-0.15, -0.1) is 0 Å². The van der Waals surface area contributed by atoms with Gasteiger partial charge in [0.1, 0.15) is 21.8 Å². The van der Waals surface area contributed by atoms with Crippen LogP contribution in [0.5, 0.6) is 0 Å². The molecule has 0 unspecified atom stereocenters. The fraction of sp³-hybridized carbons (Fsp3) is 0.621. The molecule has 0 radical (unpaired) electrons. The van der Waals surface area contributed by atoms with E-state index in [2.05, 4.69) is 11.0 Å². The zero-order valence-corrected chi connectivity index (χ0v) is 25.2. The number of carboxylic acids is 1. The number of thiocarbonyl (C=S) groups is 1. The molecule has 9 nitrogen and oxygen atoms in total. The monoisotopic (exact) mass is 588 g/mol. The fourth-order valence-electron chi connectivity index (χ4n) is 5.12. The van der Waals surface area contributed by atoms with E-state index in [0.717, 1.165) is 69.2 Å². The van der Waals surface area contributed by atoms with Crippen LogP contribution in [0.2, 0.25) is 0 Å². The van der Waals surface area contributed by atoms with E-state index in [9.17, 15) is 19.6 Å². The third-order valence-electron chi connectivity index (χ3n) is 7.28. The predicted octanol–water partition coefficient (Wildman–Crippen LogP) is 5.07. The summed E-state index contributed by atoms with van der Waals surface area (Å²) in [6.45, 7) is 7.15. The molecule has 3 rings (SSSR count). The SMILES string of the molecule is CCCn1c(N2CCOCC2)c(/C=C2/SC(=S)N(CCCCCCCCCCC(=O)O)C2=O)c(C)c(C#N)c1=O. The Hall–Kier alpha value is -2.68.